The number of thiophene rings is 1. The maximum Gasteiger partial charge on any atom is 0.123 e. The summed E-state index contributed by atoms with van der Waals surface area (Å²) in [5.41, 5.74) is 1.33. The van der Waals surface area contributed by atoms with E-state index in [1.165, 1.54) is 15.3 Å². The number of aryl methyl sites for hydroxylation is 1. The smallest absolute Gasteiger partial charge is 0.123 e. The van der Waals surface area contributed by atoms with Gasteiger partial charge in [-0.15, -0.1) is 11.3 Å². The van der Waals surface area contributed by atoms with Crippen LogP contribution in [-0.2, 0) is 19.4 Å². The average Bonchev–Trinajstić information content (AvgIpc) is 3.04. The number of hydrogen-bond donors (Lipinski definition) is 1. The molecule has 1 aromatic heterocycles. The van der Waals surface area contributed by atoms with Crippen LogP contribution in [0.1, 0.15) is 22.2 Å². The van der Waals surface area contributed by atoms with E-state index in [9.17, 15) is 0 Å². The summed E-state index contributed by atoms with van der Waals surface area (Å²) in [6.45, 7) is 4.06. The van der Waals surface area contributed by atoms with Gasteiger partial charge in [0.05, 0.1) is 0 Å². The van der Waals surface area contributed by atoms with Crippen molar-refractivity contribution in [2.75, 3.05) is 6.54 Å². The lowest BCUT2D eigenvalue weighted by molar-refractivity contribution is 0.227. The van der Waals surface area contributed by atoms with Gasteiger partial charge in [-0.2, -0.15) is 0 Å². The molecule has 0 aliphatic carbocycles. The Morgan fingerprint density at radius 3 is 2.84 bits per heavy atom. The summed E-state index contributed by atoms with van der Waals surface area (Å²) in [6.07, 6.45) is 2.43. The van der Waals surface area contributed by atoms with E-state index >= 15 is 0 Å². The number of para-hydroxylation sites is 1. The molecule has 0 saturated heterocycles. The Bertz CT molecular complexity index is 524. The number of hydrogen-bond acceptors (Lipinski definition) is 3. The van der Waals surface area contributed by atoms with Crippen LogP contribution in [0.2, 0.25) is 0 Å². The number of ether oxygens (including phenoxy) is 1. The van der Waals surface area contributed by atoms with Crippen LogP contribution in [0.4, 0.5) is 0 Å². The number of nitrogens with one attached hydrogen (secondary N) is 1. The standard InChI is InChI=1S/C16H19NOS/c1-2-14-7-8-15(19-14)11-17-10-13-9-12-5-3-4-6-16(12)18-13/h3-8,13,17H,2,9-11H2,1H3. The molecule has 3 heteroatoms. The van der Waals surface area contributed by atoms with E-state index in [0.717, 1.165) is 31.7 Å². The second-order valence-corrected chi connectivity index (χ2v) is 6.16. The zero-order valence-corrected chi connectivity index (χ0v) is 12.0. The van der Waals surface area contributed by atoms with Crippen molar-refractivity contribution in [1.82, 2.24) is 5.32 Å². The molecule has 3 rings (SSSR count). The third-order valence-electron chi connectivity index (χ3n) is 3.45. The largest absolute Gasteiger partial charge is 0.488 e. The number of rotatable bonds is 5. The minimum absolute atomic E-state index is 0.281. The Labute approximate surface area is 118 Å². The summed E-state index contributed by atoms with van der Waals surface area (Å²) >= 11 is 1.90. The average molecular weight is 273 g/mol. The molecule has 1 aromatic carbocycles. The molecule has 1 N–H and O–H groups in total. The van der Waals surface area contributed by atoms with E-state index < -0.39 is 0 Å². The topological polar surface area (TPSA) is 21.3 Å². The Kier molecular flexibility index (Phi) is 3.85. The predicted octanol–water partition coefficient (Wildman–Crippen LogP) is 3.40. The summed E-state index contributed by atoms with van der Waals surface area (Å²) in [7, 11) is 0. The molecule has 0 spiro atoms. The van der Waals surface area contributed by atoms with Crippen molar-refractivity contribution in [1.29, 1.82) is 0 Å². The van der Waals surface area contributed by atoms with Crippen LogP contribution in [0.3, 0.4) is 0 Å². The second-order valence-electron chi connectivity index (χ2n) is 4.90. The third-order valence-corrected chi connectivity index (χ3v) is 4.68. The molecular formula is C16H19NOS. The highest BCUT2D eigenvalue weighted by Gasteiger charge is 2.21. The van der Waals surface area contributed by atoms with Crippen LogP contribution in [0.25, 0.3) is 0 Å². The Morgan fingerprint density at radius 1 is 1.21 bits per heavy atom. The quantitative estimate of drug-likeness (QED) is 0.901. The summed E-state index contributed by atoms with van der Waals surface area (Å²) in [6, 6.07) is 12.8. The van der Waals surface area contributed by atoms with Crippen LogP contribution in [0.15, 0.2) is 36.4 Å². The van der Waals surface area contributed by atoms with Crippen molar-refractivity contribution >= 4 is 11.3 Å². The molecule has 0 radical (unpaired) electrons. The zero-order chi connectivity index (χ0) is 13.1. The van der Waals surface area contributed by atoms with Crippen molar-refractivity contribution in [3.63, 3.8) is 0 Å². The SMILES string of the molecule is CCc1ccc(CNCC2Cc3ccccc3O2)s1. The van der Waals surface area contributed by atoms with Gasteiger partial charge in [-0.25, -0.2) is 0 Å². The molecular weight excluding hydrogens is 254 g/mol. The molecule has 0 amide bonds. The molecule has 0 saturated carbocycles. The minimum atomic E-state index is 0.281. The molecule has 1 unspecified atom stereocenters. The second kappa shape index (κ2) is 5.76. The first-order chi connectivity index (χ1) is 9.35. The third kappa shape index (κ3) is 2.99. The highest BCUT2D eigenvalue weighted by molar-refractivity contribution is 7.11. The molecule has 100 valence electrons. The van der Waals surface area contributed by atoms with E-state index in [1.807, 2.05) is 17.4 Å². The first-order valence-corrected chi connectivity index (χ1v) is 7.69. The van der Waals surface area contributed by atoms with Crippen molar-refractivity contribution < 1.29 is 4.74 Å². The molecule has 0 fully saturated rings. The fourth-order valence-electron chi connectivity index (χ4n) is 2.43. The van der Waals surface area contributed by atoms with Gasteiger partial charge in [0.1, 0.15) is 11.9 Å². The highest BCUT2D eigenvalue weighted by Crippen LogP contribution is 2.27. The summed E-state index contributed by atoms with van der Waals surface area (Å²) in [5, 5.41) is 3.50. The number of benzene rings is 1. The van der Waals surface area contributed by atoms with Gasteiger partial charge in [0.15, 0.2) is 0 Å². The van der Waals surface area contributed by atoms with Gasteiger partial charge in [0.2, 0.25) is 0 Å². The fourth-order valence-corrected chi connectivity index (χ4v) is 3.36. The van der Waals surface area contributed by atoms with Gasteiger partial charge >= 0.3 is 0 Å². The van der Waals surface area contributed by atoms with Gasteiger partial charge in [0, 0.05) is 29.3 Å². The van der Waals surface area contributed by atoms with Crippen molar-refractivity contribution in [3.8, 4) is 5.75 Å². The van der Waals surface area contributed by atoms with Crippen LogP contribution < -0.4 is 10.1 Å². The summed E-state index contributed by atoms with van der Waals surface area (Å²) in [5.74, 6) is 1.05. The lowest BCUT2D eigenvalue weighted by atomic mass is 10.1. The highest BCUT2D eigenvalue weighted by atomic mass is 32.1. The lowest BCUT2D eigenvalue weighted by Crippen LogP contribution is -2.29. The maximum atomic E-state index is 5.91. The first kappa shape index (κ1) is 12.7. The molecule has 2 aromatic rings. The van der Waals surface area contributed by atoms with E-state index in [-0.39, 0.29) is 6.10 Å². The van der Waals surface area contributed by atoms with Crippen LogP contribution in [0.5, 0.6) is 5.75 Å². The van der Waals surface area contributed by atoms with E-state index in [2.05, 4.69) is 42.6 Å². The van der Waals surface area contributed by atoms with E-state index in [4.69, 9.17) is 4.74 Å². The van der Waals surface area contributed by atoms with Crippen LogP contribution in [-0.4, -0.2) is 12.6 Å². The molecule has 2 heterocycles. The Balaban J connectivity index is 1.47. The van der Waals surface area contributed by atoms with Gasteiger partial charge in [-0.1, -0.05) is 25.1 Å². The van der Waals surface area contributed by atoms with Crippen LogP contribution in [0, 0.1) is 0 Å². The van der Waals surface area contributed by atoms with Crippen molar-refractivity contribution in [2.24, 2.45) is 0 Å². The van der Waals surface area contributed by atoms with Gasteiger partial charge in [-0.3, -0.25) is 0 Å². The van der Waals surface area contributed by atoms with Crippen LogP contribution >= 0.6 is 11.3 Å². The van der Waals surface area contributed by atoms with Gasteiger partial charge < -0.3 is 10.1 Å². The molecule has 1 atom stereocenters. The Morgan fingerprint density at radius 2 is 2.05 bits per heavy atom. The zero-order valence-electron chi connectivity index (χ0n) is 11.2. The van der Waals surface area contributed by atoms with E-state index in [1.54, 1.807) is 0 Å². The van der Waals surface area contributed by atoms with E-state index in [0.29, 0.717) is 0 Å². The molecule has 19 heavy (non-hydrogen) atoms. The predicted molar refractivity (Wildman–Crippen MR) is 80.0 cm³/mol. The summed E-state index contributed by atoms with van der Waals surface area (Å²) in [4.78, 5) is 2.87. The first-order valence-electron chi connectivity index (χ1n) is 6.88. The lowest BCUT2D eigenvalue weighted by Gasteiger charge is -2.11. The van der Waals surface area contributed by atoms with Gasteiger partial charge in [0.25, 0.3) is 0 Å². The summed E-state index contributed by atoms with van der Waals surface area (Å²) < 4.78 is 5.91. The maximum absolute atomic E-state index is 5.91. The minimum Gasteiger partial charge on any atom is -0.488 e. The number of fused-ring (bicyclic) bond motifs is 1. The monoisotopic (exact) mass is 273 g/mol. The van der Waals surface area contributed by atoms with Crippen molar-refractivity contribution in [2.45, 2.75) is 32.4 Å². The molecule has 0 bridgehead atoms. The molecule has 1 aliphatic heterocycles. The van der Waals surface area contributed by atoms with Gasteiger partial charge in [-0.05, 0) is 30.2 Å². The van der Waals surface area contributed by atoms with Crippen molar-refractivity contribution in [3.05, 3.63) is 51.7 Å². The molecule has 1 aliphatic rings. The molecule has 2 nitrogen and oxygen atoms in total. The fraction of sp³-hybridized carbons (Fsp3) is 0.375. The normalized spacial score (nSPS) is 17.2. The Hall–Kier alpha value is -1.32.